The first-order valence-electron chi connectivity index (χ1n) is 20.9. The van der Waals surface area contributed by atoms with E-state index in [1.807, 2.05) is 12.2 Å². The zero-order valence-corrected chi connectivity index (χ0v) is 38.0. The molecule has 0 heterocycles. The van der Waals surface area contributed by atoms with E-state index >= 15 is 0 Å². The molecule has 0 rings (SSSR count). The van der Waals surface area contributed by atoms with E-state index in [-0.39, 0.29) is 49.0 Å². The van der Waals surface area contributed by atoms with Gasteiger partial charge < -0.3 is 33.6 Å². The van der Waals surface area contributed by atoms with Crippen molar-refractivity contribution in [1.29, 1.82) is 0 Å². The van der Waals surface area contributed by atoms with Crippen molar-refractivity contribution >= 4 is 19.8 Å². The van der Waals surface area contributed by atoms with Crippen LogP contribution in [-0.2, 0) is 32.7 Å². The van der Waals surface area contributed by atoms with E-state index in [9.17, 15) is 24.2 Å². The van der Waals surface area contributed by atoms with E-state index in [0.29, 0.717) is 12.8 Å². The minimum Gasteiger partial charge on any atom is -0.756 e. The molecular formula is C44H74NaO10P. The number of phosphoric ester groups is 1. The fourth-order valence-electron chi connectivity index (χ4n) is 5.19. The predicted molar refractivity (Wildman–Crippen MR) is 221 cm³/mol. The minimum atomic E-state index is -4.89. The number of esters is 2. The minimum absolute atomic E-state index is 0. The molecule has 12 heteroatoms. The molecule has 0 spiro atoms. The Morgan fingerprint density at radius 2 is 1.02 bits per heavy atom. The summed E-state index contributed by atoms with van der Waals surface area (Å²) in [6, 6.07) is 0. The Labute approximate surface area is 361 Å². The number of ether oxygens (including phenoxy) is 2. The van der Waals surface area contributed by atoms with Crippen LogP contribution in [0.15, 0.2) is 72.9 Å². The van der Waals surface area contributed by atoms with Gasteiger partial charge in [-0.1, -0.05) is 164 Å². The van der Waals surface area contributed by atoms with E-state index < -0.39 is 51.8 Å². The van der Waals surface area contributed by atoms with Crippen molar-refractivity contribution in [1.82, 2.24) is 0 Å². The Bertz CT molecular complexity index is 1150. The number of phosphoric acid groups is 1. The first-order chi connectivity index (χ1) is 26.7. The number of aliphatic hydroxyl groups excluding tert-OH is 2. The van der Waals surface area contributed by atoms with E-state index in [4.69, 9.17) is 19.1 Å². The van der Waals surface area contributed by atoms with Crippen LogP contribution in [0.25, 0.3) is 0 Å². The topological polar surface area (TPSA) is 152 Å². The van der Waals surface area contributed by atoms with E-state index in [1.165, 1.54) is 57.8 Å². The molecule has 2 unspecified atom stereocenters. The quantitative estimate of drug-likeness (QED) is 0.0214. The predicted octanol–water partition coefficient (Wildman–Crippen LogP) is 7.26. The van der Waals surface area contributed by atoms with Crippen molar-refractivity contribution < 1.29 is 77.3 Å². The zero-order valence-electron chi connectivity index (χ0n) is 35.1. The van der Waals surface area contributed by atoms with Crippen molar-refractivity contribution in [3.05, 3.63) is 72.9 Å². The molecule has 0 aliphatic heterocycles. The van der Waals surface area contributed by atoms with Gasteiger partial charge in [-0.05, 0) is 51.4 Å². The van der Waals surface area contributed by atoms with Gasteiger partial charge in [-0.25, -0.2) is 0 Å². The fraction of sp³-hybridized carbons (Fsp3) is 0.682. The van der Waals surface area contributed by atoms with Gasteiger partial charge in [0.25, 0.3) is 7.82 Å². The van der Waals surface area contributed by atoms with E-state index in [1.54, 1.807) is 0 Å². The summed E-state index contributed by atoms with van der Waals surface area (Å²) >= 11 is 0. The van der Waals surface area contributed by atoms with E-state index in [2.05, 4.69) is 79.1 Å². The zero-order chi connectivity index (χ0) is 40.5. The van der Waals surface area contributed by atoms with Crippen LogP contribution in [-0.4, -0.2) is 60.8 Å². The van der Waals surface area contributed by atoms with Crippen LogP contribution in [0.4, 0.5) is 0 Å². The molecule has 0 saturated heterocycles. The summed E-state index contributed by atoms with van der Waals surface area (Å²) in [6.07, 6.45) is 44.3. The van der Waals surface area contributed by atoms with Crippen LogP contribution in [0.1, 0.15) is 155 Å². The largest absolute Gasteiger partial charge is 1.00 e. The van der Waals surface area contributed by atoms with Crippen molar-refractivity contribution in [3.63, 3.8) is 0 Å². The number of hydrogen-bond donors (Lipinski definition) is 2. The first kappa shape index (κ1) is 56.5. The third-order valence-corrected chi connectivity index (χ3v) is 9.31. The summed E-state index contributed by atoms with van der Waals surface area (Å²) in [4.78, 5) is 37.0. The number of carbonyl (C=O) groups is 2. The number of allylic oxidation sites excluding steroid dienone is 12. The van der Waals surface area contributed by atoms with Gasteiger partial charge in [0.1, 0.15) is 12.7 Å². The Kier molecular flexibility index (Phi) is 43.4. The van der Waals surface area contributed by atoms with Gasteiger partial charge in [0.15, 0.2) is 6.10 Å². The smallest absolute Gasteiger partial charge is 0.756 e. The van der Waals surface area contributed by atoms with Crippen LogP contribution < -0.4 is 34.5 Å². The molecule has 0 saturated carbocycles. The maximum Gasteiger partial charge on any atom is 1.00 e. The molecule has 0 aromatic rings. The van der Waals surface area contributed by atoms with Crippen LogP contribution in [0.2, 0.25) is 0 Å². The third kappa shape index (κ3) is 42.0. The summed E-state index contributed by atoms with van der Waals surface area (Å²) in [5.41, 5.74) is 0. The van der Waals surface area contributed by atoms with Gasteiger partial charge in [-0.3, -0.25) is 14.2 Å². The normalized spacial score (nSPS) is 14.4. The summed E-state index contributed by atoms with van der Waals surface area (Å²) < 4.78 is 32.2. The molecule has 2 N–H and O–H groups in total. The summed E-state index contributed by atoms with van der Waals surface area (Å²) in [7, 11) is -4.89. The van der Waals surface area contributed by atoms with Crippen LogP contribution >= 0.6 is 7.82 Å². The summed E-state index contributed by atoms with van der Waals surface area (Å²) in [5.74, 6) is -1.06. The van der Waals surface area contributed by atoms with E-state index in [0.717, 1.165) is 57.8 Å². The second-order valence-electron chi connectivity index (χ2n) is 13.6. The molecule has 316 valence electrons. The Morgan fingerprint density at radius 1 is 0.589 bits per heavy atom. The van der Waals surface area contributed by atoms with Crippen LogP contribution in [0.5, 0.6) is 0 Å². The van der Waals surface area contributed by atoms with Gasteiger partial charge in [-0.15, -0.1) is 0 Å². The Hall–Kier alpha value is -1.59. The standard InChI is InChI=1S/C44H75O10P.Na/c1-3-5-7-9-11-13-15-17-18-19-20-21-22-24-26-28-30-32-34-36-44(48)54-42(40-53-55(49,50)52-38-41(46)37-45)39-51-43(47)35-33-31-29-27-25-23-16-14-12-10-8-6-4-2;/h5,7,11,13,17-18,20-21,24,26,30,32,41-42,45-46H,3-4,6,8-10,12,14-16,19,22-23,25,27-29,31,33-40H2,1-2H3,(H,49,50);/q;+1/p-1/b7-5-,13-11-,18-17-,21-20-,26-24-,32-30-;/t41?,42-;/m1./s1. The molecule has 0 aromatic carbocycles. The van der Waals surface area contributed by atoms with Gasteiger partial charge in [0, 0.05) is 12.8 Å². The molecule has 0 bridgehead atoms. The molecule has 0 amide bonds. The molecule has 3 atom stereocenters. The second kappa shape index (κ2) is 43.0. The molecule has 0 aliphatic rings. The molecular weight excluding hydrogens is 742 g/mol. The Morgan fingerprint density at radius 3 is 1.48 bits per heavy atom. The number of aliphatic hydroxyl groups is 2. The number of carbonyl (C=O) groups excluding carboxylic acids is 2. The summed E-state index contributed by atoms with van der Waals surface area (Å²) in [5, 5.41) is 18.3. The fourth-order valence-corrected chi connectivity index (χ4v) is 5.97. The molecule has 0 radical (unpaired) electrons. The van der Waals surface area contributed by atoms with Crippen LogP contribution in [0.3, 0.4) is 0 Å². The van der Waals surface area contributed by atoms with Gasteiger partial charge in [-0.2, -0.15) is 0 Å². The number of unbranched alkanes of at least 4 members (excludes halogenated alkanes) is 12. The second-order valence-corrected chi connectivity index (χ2v) is 15.0. The maximum atomic E-state index is 12.5. The van der Waals surface area contributed by atoms with Crippen LogP contribution in [0, 0.1) is 0 Å². The summed E-state index contributed by atoms with van der Waals surface area (Å²) in [6.45, 7) is 1.98. The van der Waals surface area contributed by atoms with Crippen molar-refractivity contribution in [2.45, 2.75) is 167 Å². The first-order valence-corrected chi connectivity index (χ1v) is 22.3. The molecule has 0 aromatic heterocycles. The molecule has 56 heavy (non-hydrogen) atoms. The number of hydrogen-bond acceptors (Lipinski definition) is 10. The average molecular weight is 817 g/mol. The molecule has 10 nitrogen and oxygen atoms in total. The maximum absolute atomic E-state index is 12.5. The van der Waals surface area contributed by atoms with Crippen molar-refractivity contribution in [2.75, 3.05) is 26.4 Å². The van der Waals surface area contributed by atoms with Crippen molar-refractivity contribution in [3.8, 4) is 0 Å². The molecule has 0 fully saturated rings. The molecule has 0 aliphatic carbocycles. The monoisotopic (exact) mass is 816 g/mol. The SMILES string of the molecule is CC/C=C\C/C=C\C/C=C\C/C=C\C/C=C\C/C=C\CCC(=O)O[C@H](COC(=O)CCCCCCCCCCCCCCC)COP(=O)([O-])OCC(O)CO.[Na+]. The third-order valence-electron chi connectivity index (χ3n) is 8.38. The van der Waals surface area contributed by atoms with Crippen molar-refractivity contribution in [2.24, 2.45) is 0 Å². The van der Waals surface area contributed by atoms with Gasteiger partial charge >= 0.3 is 41.5 Å². The number of rotatable bonds is 38. The average Bonchev–Trinajstić information content (AvgIpc) is 3.17. The van der Waals surface area contributed by atoms with Gasteiger partial charge in [0.05, 0.1) is 19.8 Å². The van der Waals surface area contributed by atoms with Gasteiger partial charge in [0.2, 0.25) is 0 Å². The Balaban J connectivity index is 0.